The Balaban J connectivity index is 1.34. The van der Waals surface area contributed by atoms with Gasteiger partial charge in [0.2, 0.25) is 11.8 Å². The monoisotopic (exact) mass is 384 g/mol. The number of pyridine rings is 1. The van der Waals surface area contributed by atoms with Crippen LogP contribution in [0.15, 0.2) is 42.6 Å². The van der Waals surface area contributed by atoms with E-state index in [1.807, 2.05) is 37.3 Å². The molecule has 1 amide bonds. The molecule has 3 heterocycles. The molecule has 2 bridgehead atoms. The average molecular weight is 385 g/mol. The Bertz CT molecular complexity index is 797. The van der Waals surface area contributed by atoms with E-state index in [1.54, 1.807) is 6.20 Å². The second-order valence-electron chi connectivity index (χ2n) is 7.65. The third-order valence-electron chi connectivity index (χ3n) is 5.75. The van der Waals surface area contributed by atoms with Crippen LogP contribution in [0.25, 0.3) is 0 Å². The minimum absolute atomic E-state index is 0.153. The molecule has 2 aliphatic rings. The van der Waals surface area contributed by atoms with Crippen molar-refractivity contribution in [2.24, 2.45) is 0 Å². The molecule has 0 N–H and O–H groups in total. The zero-order valence-corrected chi connectivity index (χ0v) is 16.4. The topological polar surface area (TPSA) is 42.4 Å². The number of nitrogens with zero attached hydrogens (tertiary/aromatic N) is 2. The fraction of sp³-hybridized carbons (Fsp3) is 0.455. The van der Waals surface area contributed by atoms with Crippen molar-refractivity contribution in [3.05, 3.63) is 58.7 Å². The molecule has 2 fully saturated rings. The molecule has 1 aromatic carbocycles. The second kappa shape index (κ2) is 7.89. The van der Waals surface area contributed by atoms with Crippen molar-refractivity contribution >= 4 is 17.5 Å². The van der Waals surface area contributed by atoms with Crippen LogP contribution in [0.3, 0.4) is 0 Å². The summed E-state index contributed by atoms with van der Waals surface area (Å²) in [5.41, 5.74) is 2.24. The van der Waals surface area contributed by atoms with Gasteiger partial charge in [-0.3, -0.25) is 4.79 Å². The van der Waals surface area contributed by atoms with Crippen molar-refractivity contribution in [2.45, 2.75) is 63.6 Å². The van der Waals surface area contributed by atoms with E-state index in [4.69, 9.17) is 16.3 Å². The number of carbonyl (C=O) groups excluding carboxylic acids is 1. The number of halogens is 1. The number of benzene rings is 1. The first kappa shape index (κ1) is 18.3. The van der Waals surface area contributed by atoms with Gasteiger partial charge in [0.05, 0.1) is 0 Å². The number of amides is 1. The summed E-state index contributed by atoms with van der Waals surface area (Å²) in [5, 5.41) is 0.776. The van der Waals surface area contributed by atoms with E-state index >= 15 is 0 Å². The summed E-state index contributed by atoms with van der Waals surface area (Å²) in [5.74, 6) is 0.950. The number of fused-ring (bicyclic) bond motifs is 2. The van der Waals surface area contributed by atoms with Crippen LogP contribution in [-0.4, -0.2) is 34.0 Å². The van der Waals surface area contributed by atoms with Crippen molar-refractivity contribution in [1.82, 2.24) is 9.88 Å². The van der Waals surface area contributed by atoms with Gasteiger partial charge in [0.25, 0.3) is 0 Å². The number of hydrogen-bond donors (Lipinski definition) is 0. The summed E-state index contributed by atoms with van der Waals surface area (Å²) in [6, 6.07) is 12.3. The maximum atomic E-state index is 12.9. The fourth-order valence-electron chi connectivity index (χ4n) is 4.46. The van der Waals surface area contributed by atoms with E-state index in [1.165, 1.54) is 5.56 Å². The maximum Gasteiger partial charge on any atom is 0.223 e. The Morgan fingerprint density at radius 2 is 2.00 bits per heavy atom. The molecular weight excluding hydrogens is 360 g/mol. The van der Waals surface area contributed by atoms with E-state index in [0.29, 0.717) is 24.4 Å². The van der Waals surface area contributed by atoms with Gasteiger partial charge in [0, 0.05) is 48.6 Å². The van der Waals surface area contributed by atoms with Gasteiger partial charge in [-0.25, -0.2) is 4.98 Å². The molecule has 1 aromatic heterocycles. The normalized spacial score (nSPS) is 24.1. The predicted octanol–water partition coefficient (Wildman–Crippen LogP) is 4.58. The van der Waals surface area contributed by atoms with Crippen LogP contribution in [0.1, 0.15) is 43.2 Å². The Morgan fingerprint density at radius 3 is 2.67 bits per heavy atom. The van der Waals surface area contributed by atoms with Crippen LogP contribution in [0.2, 0.25) is 5.02 Å². The van der Waals surface area contributed by atoms with Crippen LogP contribution < -0.4 is 4.74 Å². The molecule has 27 heavy (non-hydrogen) atoms. The highest BCUT2D eigenvalue weighted by molar-refractivity contribution is 6.31. The first-order valence-electron chi connectivity index (χ1n) is 9.74. The average Bonchev–Trinajstić information content (AvgIpc) is 2.94. The third kappa shape index (κ3) is 4.11. The number of ether oxygens (including phenoxy) is 1. The number of aryl methyl sites for hydroxylation is 2. The van der Waals surface area contributed by atoms with E-state index in [0.717, 1.165) is 42.7 Å². The number of carbonyl (C=O) groups is 1. The van der Waals surface area contributed by atoms with Crippen LogP contribution in [0.4, 0.5) is 0 Å². The first-order chi connectivity index (χ1) is 13.1. The molecule has 0 radical (unpaired) electrons. The molecule has 2 aliphatic heterocycles. The van der Waals surface area contributed by atoms with Crippen LogP contribution in [-0.2, 0) is 11.2 Å². The Hall–Kier alpha value is -2.07. The van der Waals surface area contributed by atoms with Gasteiger partial charge in [0.1, 0.15) is 6.10 Å². The van der Waals surface area contributed by atoms with E-state index in [-0.39, 0.29) is 12.0 Å². The van der Waals surface area contributed by atoms with Gasteiger partial charge < -0.3 is 9.64 Å². The molecule has 142 valence electrons. The van der Waals surface area contributed by atoms with Crippen molar-refractivity contribution in [3.63, 3.8) is 0 Å². The maximum absolute atomic E-state index is 12.9. The lowest BCUT2D eigenvalue weighted by Crippen LogP contribution is -2.49. The van der Waals surface area contributed by atoms with Gasteiger partial charge in [-0.1, -0.05) is 29.8 Å². The van der Waals surface area contributed by atoms with E-state index in [9.17, 15) is 4.79 Å². The Kier molecular flexibility index (Phi) is 5.35. The minimum Gasteiger partial charge on any atom is -0.474 e. The third-order valence-corrected chi connectivity index (χ3v) is 6.18. The largest absolute Gasteiger partial charge is 0.474 e. The number of rotatable bonds is 5. The molecule has 4 nitrogen and oxygen atoms in total. The summed E-state index contributed by atoms with van der Waals surface area (Å²) in [7, 11) is 0. The number of hydrogen-bond acceptors (Lipinski definition) is 3. The Labute approximate surface area is 165 Å². The summed E-state index contributed by atoms with van der Waals surface area (Å²) in [6.45, 7) is 2.00. The quantitative estimate of drug-likeness (QED) is 0.757. The molecule has 0 saturated carbocycles. The molecule has 0 spiro atoms. The lowest BCUT2D eigenvalue weighted by atomic mass is 9.98. The highest BCUT2D eigenvalue weighted by Gasteiger charge is 2.43. The number of aromatic nitrogens is 1. The second-order valence-corrected chi connectivity index (χ2v) is 8.06. The van der Waals surface area contributed by atoms with Gasteiger partial charge >= 0.3 is 0 Å². The smallest absolute Gasteiger partial charge is 0.223 e. The van der Waals surface area contributed by atoms with Crippen molar-refractivity contribution in [2.75, 3.05) is 0 Å². The summed E-state index contributed by atoms with van der Waals surface area (Å²) < 4.78 is 6.06. The lowest BCUT2D eigenvalue weighted by molar-refractivity contribution is -0.137. The number of piperidine rings is 1. The minimum atomic E-state index is 0.153. The molecule has 5 heteroatoms. The van der Waals surface area contributed by atoms with Crippen LogP contribution >= 0.6 is 11.6 Å². The molecule has 2 aromatic rings. The predicted molar refractivity (Wildman–Crippen MR) is 106 cm³/mol. The molecule has 4 rings (SSSR count). The molecular formula is C22H25ClN2O2. The van der Waals surface area contributed by atoms with E-state index < -0.39 is 0 Å². The first-order valence-corrected chi connectivity index (χ1v) is 10.1. The highest BCUT2D eigenvalue weighted by atomic mass is 35.5. The fourth-order valence-corrected chi connectivity index (χ4v) is 4.58. The summed E-state index contributed by atoms with van der Waals surface area (Å²) in [4.78, 5) is 19.3. The zero-order valence-electron chi connectivity index (χ0n) is 15.6. The van der Waals surface area contributed by atoms with Crippen LogP contribution in [0, 0.1) is 6.92 Å². The van der Waals surface area contributed by atoms with Crippen molar-refractivity contribution < 1.29 is 9.53 Å². The van der Waals surface area contributed by atoms with Gasteiger partial charge in [-0.2, -0.15) is 0 Å². The summed E-state index contributed by atoms with van der Waals surface area (Å²) >= 11 is 6.09. The van der Waals surface area contributed by atoms with Gasteiger partial charge in [-0.05, 0) is 49.4 Å². The Morgan fingerprint density at radius 1 is 1.22 bits per heavy atom. The standard InChI is InChI=1S/C22H25ClN2O2/c1-15-12-16(5-9-20(15)23)6-10-22(26)25-17-7-8-18(25)14-19(13-17)27-21-4-2-3-11-24-21/h2-5,9,11-12,17-19H,6-8,10,13-14H2,1H3. The highest BCUT2D eigenvalue weighted by Crippen LogP contribution is 2.37. The molecule has 2 saturated heterocycles. The molecule has 2 atom stereocenters. The summed E-state index contributed by atoms with van der Waals surface area (Å²) in [6.07, 6.45) is 7.19. The zero-order chi connectivity index (χ0) is 18.8. The van der Waals surface area contributed by atoms with E-state index in [2.05, 4.69) is 16.0 Å². The van der Waals surface area contributed by atoms with Crippen molar-refractivity contribution in [3.8, 4) is 5.88 Å². The van der Waals surface area contributed by atoms with Crippen molar-refractivity contribution in [1.29, 1.82) is 0 Å². The molecule has 2 unspecified atom stereocenters. The van der Waals surface area contributed by atoms with Gasteiger partial charge in [0.15, 0.2) is 0 Å². The van der Waals surface area contributed by atoms with Gasteiger partial charge in [-0.15, -0.1) is 0 Å². The van der Waals surface area contributed by atoms with Crippen LogP contribution in [0.5, 0.6) is 5.88 Å². The lowest BCUT2D eigenvalue weighted by Gasteiger charge is -2.38. The molecule has 0 aliphatic carbocycles. The SMILES string of the molecule is Cc1cc(CCC(=O)N2C3CCC2CC(Oc2ccccn2)C3)ccc1Cl.